The van der Waals surface area contributed by atoms with E-state index in [1.807, 2.05) is 0 Å². The van der Waals surface area contributed by atoms with E-state index < -0.39 is 25.9 Å². The quantitative estimate of drug-likeness (QED) is 0.657. The summed E-state index contributed by atoms with van der Waals surface area (Å²) in [6.45, 7) is 1.07. The van der Waals surface area contributed by atoms with E-state index in [1.54, 1.807) is 0 Å². The molecular formula is C8H8ClNO5S. The molecule has 0 aliphatic rings. The number of nitro benzene ring substituents is 1. The number of aliphatic hydroxyl groups is 1. The van der Waals surface area contributed by atoms with Gasteiger partial charge in [-0.25, -0.2) is 8.42 Å². The van der Waals surface area contributed by atoms with Gasteiger partial charge in [-0.05, 0) is 19.1 Å². The summed E-state index contributed by atoms with van der Waals surface area (Å²) >= 11 is 5.52. The van der Waals surface area contributed by atoms with E-state index in [2.05, 4.69) is 0 Å². The van der Waals surface area contributed by atoms with E-state index in [4.69, 9.17) is 16.7 Å². The lowest BCUT2D eigenvalue weighted by Gasteiger charge is -2.06. The lowest BCUT2D eigenvalue weighted by atomic mass is 10.3. The molecule has 88 valence electrons. The molecule has 0 fully saturated rings. The standard InChI is InChI=1S/C8H8ClNO5S/c1-5(11)16(14,15)6-2-3-7(9)8(4-6)10(12)13/h2-5,11H,1H3. The fourth-order valence-corrected chi connectivity index (χ4v) is 2.12. The maximum absolute atomic E-state index is 11.5. The fourth-order valence-electron chi connectivity index (χ4n) is 1.01. The molecule has 0 aliphatic heterocycles. The van der Waals surface area contributed by atoms with Crippen LogP contribution in [0.15, 0.2) is 23.1 Å². The summed E-state index contributed by atoms with van der Waals surface area (Å²) in [5.74, 6) is 0. The minimum absolute atomic E-state index is 0.158. The maximum atomic E-state index is 11.5. The van der Waals surface area contributed by atoms with Crippen molar-refractivity contribution in [3.05, 3.63) is 33.3 Å². The van der Waals surface area contributed by atoms with E-state index >= 15 is 0 Å². The molecule has 1 aromatic rings. The summed E-state index contributed by atoms with van der Waals surface area (Å²) in [5, 5.41) is 19.4. The first-order valence-electron chi connectivity index (χ1n) is 4.12. The summed E-state index contributed by atoms with van der Waals surface area (Å²) in [7, 11) is -3.96. The summed E-state index contributed by atoms with van der Waals surface area (Å²) < 4.78 is 23.0. The Morgan fingerprint density at radius 2 is 2.06 bits per heavy atom. The van der Waals surface area contributed by atoms with Crippen molar-refractivity contribution in [2.24, 2.45) is 0 Å². The molecule has 0 amide bonds. The van der Waals surface area contributed by atoms with Crippen molar-refractivity contribution in [2.75, 3.05) is 0 Å². The third-order valence-corrected chi connectivity index (χ3v) is 4.02. The number of hydrogen-bond acceptors (Lipinski definition) is 5. The van der Waals surface area contributed by atoms with Gasteiger partial charge in [-0.15, -0.1) is 0 Å². The average Bonchev–Trinajstić information content (AvgIpc) is 2.17. The molecule has 0 saturated carbocycles. The molecule has 0 heterocycles. The topological polar surface area (TPSA) is 97.5 Å². The van der Waals surface area contributed by atoms with Crippen LogP contribution in [-0.2, 0) is 9.84 Å². The van der Waals surface area contributed by atoms with E-state index in [0.717, 1.165) is 25.1 Å². The molecule has 1 unspecified atom stereocenters. The second kappa shape index (κ2) is 4.36. The van der Waals surface area contributed by atoms with Crippen LogP contribution in [0.4, 0.5) is 5.69 Å². The van der Waals surface area contributed by atoms with Crippen molar-refractivity contribution in [1.82, 2.24) is 0 Å². The van der Waals surface area contributed by atoms with E-state index in [9.17, 15) is 18.5 Å². The van der Waals surface area contributed by atoms with Gasteiger partial charge in [0.1, 0.15) is 5.02 Å². The van der Waals surface area contributed by atoms with E-state index in [0.29, 0.717) is 0 Å². The molecule has 0 aliphatic carbocycles. The molecule has 0 aromatic heterocycles. The molecule has 16 heavy (non-hydrogen) atoms. The lowest BCUT2D eigenvalue weighted by molar-refractivity contribution is -0.384. The minimum Gasteiger partial charge on any atom is -0.377 e. The van der Waals surface area contributed by atoms with Crippen molar-refractivity contribution in [1.29, 1.82) is 0 Å². The normalized spacial score (nSPS) is 13.4. The summed E-state index contributed by atoms with van der Waals surface area (Å²) in [6, 6.07) is 3.04. The van der Waals surface area contributed by atoms with Crippen LogP contribution in [0, 0.1) is 10.1 Å². The SMILES string of the molecule is CC(O)S(=O)(=O)c1ccc(Cl)c([N+](=O)[O-])c1. The van der Waals surface area contributed by atoms with Crippen LogP contribution in [0.3, 0.4) is 0 Å². The monoisotopic (exact) mass is 265 g/mol. The Labute approximate surface area is 96.5 Å². The highest BCUT2D eigenvalue weighted by Crippen LogP contribution is 2.28. The van der Waals surface area contributed by atoms with Crippen molar-refractivity contribution < 1.29 is 18.4 Å². The van der Waals surface area contributed by atoms with Crippen molar-refractivity contribution in [3.63, 3.8) is 0 Å². The van der Waals surface area contributed by atoms with Gasteiger partial charge in [0, 0.05) is 6.07 Å². The van der Waals surface area contributed by atoms with E-state index in [1.165, 1.54) is 0 Å². The third kappa shape index (κ3) is 2.31. The van der Waals surface area contributed by atoms with Crippen molar-refractivity contribution >= 4 is 27.1 Å². The largest absolute Gasteiger partial charge is 0.377 e. The van der Waals surface area contributed by atoms with Gasteiger partial charge in [0.25, 0.3) is 5.69 Å². The summed E-state index contributed by atoms with van der Waals surface area (Å²) in [4.78, 5) is 9.41. The number of benzene rings is 1. The molecule has 0 radical (unpaired) electrons. The molecule has 6 nitrogen and oxygen atoms in total. The Balaban J connectivity index is 3.40. The van der Waals surface area contributed by atoms with Crippen LogP contribution < -0.4 is 0 Å². The number of nitrogens with zero attached hydrogens (tertiary/aromatic N) is 1. The first kappa shape index (κ1) is 12.9. The second-order valence-electron chi connectivity index (χ2n) is 3.01. The average molecular weight is 266 g/mol. The van der Waals surface area contributed by atoms with Crippen LogP contribution in [0.25, 0.3) is 0 Å². The third-order valence-electron chi connectivity index (χ3n) is 1.89. The Kier molecular flexibility index (Phi) is 3.51. The molecule has 0 saturated heterocycles. The lowest BCUT2D eigenvalue weighted by Crippen LogP contribution is -2.17. The first-order valence-corrected chi connectivity index (χ1v) is 6.05. The highest BCUT2D eigenvalue weighted by Gasteiger charge is 2.24. The molecular weight excluding hydrogens is 258 g/mol. The zero-order valence-corrected chi connectivity index (χ0v) is 9.70. The Morgan fingerprint density at radius 3 is 2.50 bits per heavy atom. The Morgan fingerprint density at radius 1 is 1.50 bits per heavy atom. The first-order chi connectivity index (χ1) is 7.26. The second-order valence-corrected chi connectivity index (χ2v) is 5.67. The van der Waals surface area contributed by atoms with Gasteiger partial charge in [-0.3, -0.25) is 10.1 Å². The molecule has 1 atom stereocenters. The maximum Gasteiger partial charge on any atom is 0.289 e. The molecule has 0 spiro atoms. The number of halogens is 1. The Bertz CT molecular complexity index is 525. The van der Waals surface area contributed by atoms with Gasteiger partial charge in [0.05, 0.1) is 9.82 Å². The van der Waals surface area contributed by atoms with Gasteiger partial charge in [0.2, 0.25) is 9.84 Å². The number of hydrogen-bond donors (Lipinski definition) is 1. The highest BCUT2D eigenvalue weighted by atomic mass is 35.5. The van der Waals surface area contributed by atoms with Gasteiger partial charge in [-0.1, -0.05) is 11.6 Å². The predicted molar refractivity (Wildman–Crippen MR) is 57.0 cm³/mol. The van der Waals surface area contributed by atoms with Crippen LogP contribution in [0.2, 0.25) is 5.02 Å². The molecule has 1 N–H and O–H groups in total. The van der Waals surface area contributed by atoms with Crippen molar-refractivity contribution in [3.8, 4) is 0 Å². The van der Waals surface area contributed by atoms with Gasteiger partial charge in [0.15, 0.2) is 5.44 Å². The smallest absolute Gasteiger partial charge is 0.289 e. The highest BCUT2D eigenvalue weighted by molar-refractivity contribution is 7.91. The molecule has 1 aromatic carbocycles. The van der Waals surface area contributed by atoms with Crippen LogP contribution in [0.1, 0.15) is 6.92 Å². The summed E-state index contributed by atoms with van der Waals surface area (Å²) in [5.41, 5.74) is -2.14. The number of sulfone groups is 1. The number of rotatable bonds is 3. The fraction of sp³-hybridized carbons (Fsp3) is 0.250. The molecule has 0 bridgehead atoms. The Hall–Kier alpha value is -1.18. The van der Waals surface area contributed by atoms with Crippen LogP contribution in [0.5, 0.6) is 0 Å². The van der Waals surface area contributed by atoms with Gasteiger partial charge < -0.3 is 5.11 Å². The van der Waals surface area contributed by atoms with E-state index in [-0.39, 0.29) is 9.92 Å². The zero-order valence-electron chi connectivity index (χ0n) is 8.12. The minimum atomic E-state index is -3.96. The predicted octanol–water partition coefficient (Wildman–Crippen LogP) is 1.36. The van der Waals surface area contributed by atoms with Crippen molar-refractivity contribution in [2.45, 2.75) is 17.3 Å². The van der Waals surface area contributed by atoms with Crippen LogP contribution in [-0.4, -0.2) is 23.9 Å². The summed E-state index contributed by atoms with van der Waals surface area (Å²) in [6.07, 6.45) is 0. The van der Waals surface area contributed by atoms with Gasteiger partial charge in [-0.2, -0.15) is 0 Å². The number of aliphatic hydroxyl groups excluding tert-OH is 1. The number of nitro groups is 1. The molecule has 8 heteroatoms. The molecule has 1 rings (SSSR count). The zero-order chi connectivity index (χ0) is 12.5. The van der Waals surface area contributed by atoms with Crippen LogP contribution >= 0.6 is 11.6 Å². The van der Waals surface area contributed by atoms with Gasteiger partial charge >= 0.3 is 0 Å².